The number of nitriles is 1. The molecular formula is C18H10BrClN2S. The number of aromatic nitrogens is 1. The van der Waals surface area contributed by atoms with Crippen molar-refractivity contribution in [3.63, 3.8) is 0 Å². The van der Waals surface area contributed by atoms with E-state index in [0.717, 1.165) is 21.3 Å². The van der Waals surface area contributed by atoms with Gasteiger partial charge in [0.25, 0.3) is 0 Å². The van der Waals surface area contributed by atoms with Crippen LogP contribution in [-0.2, 0) is 0 Å². The fourth-order valence-corrected chi connectivity index (χ4v) is 3.36. The Kier molecular flexibility index (Phi) is 4.92. The summed E-state index contributed by atoms with van der Waals surface area (Å²) in [6.07, 6.45) is 1.84. The third-order valence-electron chi connectivity index (χ3n) is 3.20. The van der Waals surface area contributed by atoms with Crippen molar-refractivity contribution in [3.05, 3.63) is 74.0 Å². The van der Waals surface area contributed by atoms with Crippen LogP contribution in [0.2, 0.25) is 5.02 Å². The van der Waals surface area contributed by atoms with Gasteiger partial charge >= 0.3 is 0 Å². The van der Waals surface area contributed by atoms with Crippen LogP contribution >= 0.6 is 38.9 Å². The van der Waals surface area contributed by atoms with E-state index >= 15 is 0 Å². The Hall–Kier alpha value is -1.93. The van der Waals surface area contributed by atoms with Crippen LogP contribution in [0.5, 0.6) is 0 Å². The maximum absolute atomic E-state index is 9.46. The molecule has 3 aromatic rings. The lowest BCUT2D eigenvalue weighted by atomic mass is 10.1. The van der Waals surface area contributed by atoms with Crippen molar-refractivity contribution in [1.29, 1.82) is 5.26 Å². The molecule has 0 bridgehead atoms. The summed E-state index contributed by atoms with van der Waals surface area (Å²) in [5.41, 5.74) is 3.32. The summed E-state index contributed by atoms with van der Waals surface area (Å²) in [5.74, 6) is 0. The fourth-order valence-electron chi connectivity index (χ4n) is 2.04. The van der Waals surface area contributed by atoms with E-state index in [1.54, 1.807) is 0 Å². The van der Waals surface area contributed by atoms with E-state index in [-0.39, 0.29) is 0 Å². The first-order chi connectivity index (χ1) is 11.2. The van der Waals surface area contributed by atoms with Gasteiger partial charge in [-0.25, -0.2) is 4.98 Å². The molecule has 0 aliphatic carbocycles. The Labute approximate surface area is 151 Å². The molecule has 112 valence electrons. The lowest BCUT2D eigenvalue weighted by Gasteiger charge is -1.99. The molecule has 2 nitrogen and oxygen atoms in total. The predicted molar refractivity (Wildman–Crippen MR) is 100 cm³/mol. The number of halogens is 2. The minimum Gasteiger partial charge on any atom is -0.235 e. The molecule has 1 aromatic heterocycles. The Morgan fingerprint density at radius 2 is 1.91 bits per heavy atom. The number of hydrogen-bond donors (Lipinski definition) is 0. The van der Waals surface area contributed by atoms with E-state index in [1.807, 2.05) is 60.0 Å². The standard InChI is InChI=1S/C18H10BrClN2S/c19-16-4-2-1-3-13(16)9-14(10-21)18-22-17(11-23-18)12-5-7-15(20)8-6-12/h1-9,11H/b14-9-. The predicted octanol–water partition coefficient (Wildman–Crippen LogP) is 6.29. The van der Waals surface area contributed by atoms with Crippen LogP contribution in [0.1, 0.15) is 10.6 Å². The molecule has 3 rings (SSSR count). The minimum absolute atomic E-state index is 0.544. The molecule has 23 heavy (non-hydrogen) atoms. The van der Waals surface area contributed by atoms with Crippen LogP contribution in [0.25, 0.3) is 22.9 Å². The molecule has 1 heterocycles. The number of allylic oxidation sites excluding steroid dienone is 1. The summed E-state index contributed by atoms with van der Waals surface area (Å²) in [4.78, 5) is 4.58. The van der Waals surface area contributed by atoms with E-state index in [0.29, 0.717) is 15.6 Å². The van der Waals surface area contributed by atoms with Gasteiger partial charge < -0.3 is 0 Å². The highest BCUT2D eigenvalue weighted by Crippen LogP contribution is 2.29. The number of benzene rings is 2. The Bertz CT molecular complexity index is 907. The van der Waals surface area contributed by atoms with E-state index in [4.69, 9.17) is 11.6 Å². The maximum atomic E-state index is 9.46. The average Bonchev–Trinajstić information content (AvgIpc) is 3.04. The molecule has 5 heteroatoms. The molecule has 0 spiro atoms. The smallest absolute Gasteiger partial charge is 0.134 e. The average molecular weight is 402 g/mol. The first kappa shape index (κ1) is 15.9. The van der Waals surface area contributed by atoms with Crippen LogP contribution in [0.4, 0.5) is 0 Å². The zero-order chi connectivity index (χ0) is 16.2. The quantitative estimate of drug-likeness (QED) is 0.483. The number of rotatable bonds is 3. The highest BCUT2D eigenvalue weighted by atomic mass is 79.9. The SMILES string of the molecule is N#C/C(=C/c1ccccc1Br)c1nc(-c2ccc(Cl)cc2)cs1. The molecule has 2 aromatic carbocycles. The third kappa shape index (κ3) is 3.70. The number of nitrogens with zero attached hydrogens (tertiary/aromatic N) is 2. The zero-order valence-corrected chi connectivity index (χ0v) is 15.0. The molecule has 0 N–H and O–H groups in total. The van der Waals surface area contributed by atoms with E-state index in [9.17, 15) is 5.26 Å². The summed E-state index contributed by atoms with van der Waals surface area (Å²) in [6.45, 7) is 0. The van der Waals surface area contributed by atoms with Crippen LogP contribution in [-0.4, -0.2) is 4.98 Å². The summed E-state index contributed by atoms with van der Waals surface area (Å²) in [7, 11) is 0. The van der Waals surface area contributed by atoms with Crippen LogP contribution in [0.3, 0.4) is 0 Å². The molecule has 0 saturated carbocycles. The van der Waals surface area contributed by atoms with Crippen LogP contribution < -0.4 is 0 Å². The van der Waals surface area contributed by atoms with E-state index in [2.05, 4.69) is 27.0 Å². The first-order valence-corrected chi connectivity index (χ1v) is 8.80. The second kappa shape index (κ2) is 7.10. The molecule has 0 fully saturated rings. The van der Waals surface area contributed by atoms with Crippen molar-refractivity contribution in [2.75, 3.05) is 0 Å². The van der Waals surface area contributed by atoms with Gasteiger partial charge in [-0.05, 0) is 29.8 Å². The maximum Gasteiger partial charge on any atom is 0.134 e. The Morgan fingerprint density at radius 1 is 1.17 bits per heavy atom. The topological polar surface area (TPSA) is 36.7 Å². The molecule has 0 atom stereocenters. The van der Waals surface area contributed by atoms with Crippen molar-refractivity contribution < 1.29 is 0 Å². The largest absolute Gasteiger partial charge is 0.235 e. The highest BCUT2D eigenvalue weighted by Gasteiger charge is 2.09. The molecule has 0 radical (unpaired) electrons. The second-order valence-corrected chi connectivity index (χ2v) is 6.88. The van der Waals surface area contributed by atoms with Gasteiger partial charge in [0.2, 0.25) is 0 Å². The lowest BCUT2D eigenvalue weighted by Crippen LogP contribution is -1.83. The van der Waals surface area contributed by atoms with Crippen molar-refractivity contribution in [3.8, 4) is 17.3 Å². The Morgan fingerprint density at radius 3 is 2.61 bits per heavy atom. The van der Waals surface area contributed by atoms with Gasteiger partial charge in [-0.15, -0.1) is 11.3 Å². The van der Waals surface area contributed by atoms with Crippen molar-refractivity contribution in [1.82, 2.24) is 4.98 Å². The summed E-state index contributed by atoms with van der Waals surface area (Å²) in [6, 6.07) is 17.5. The van der Waals surface area contributed by atoms with Gasteiger partial charge in [-0.2, -0.15) is 5.26 Å². The molecule has 0 aliphatic rings. The monoisotopic (exact) mass is 400 g/mol. The van der Waals surface area contributed by atoms with Crippen LogP contribution in [0, 0.1) is 11.3 Å². The Balaban J connectivity index is 1.96. The highest BCUT2D eigenvalue weighted by molar-refractivity contribution is 9.10. The van der Waals surface area contributed by atoms with Gasteiger partial charge in [0.05, 0.1) is 11.3 Å². The van der Waals surface area contributed by atoms with Crippen LogP contribution in [0.15, 0.2) is 58.4 Å². The summed E-state index contributed by atoms with van der Waals surface area (Å²) in [5, 5.41) is 12.8. The first-order valence-electron chi connectivity index (χ1n) is 6.75. The second-order valence-electron chi connectivity index (χ2n) is 4.74. The molecular weight excluding hydrogens is 392 g/mol. The van der Waals surface area contributed by atoms with E-state index in [1.165, 1.54) is 11.3 Å². The number of thiazole rings is 1. The van der Waals surface area contributed by atoms with E-state index < -0.39 is 0 Å². The van der Waals surface area contributed by atoms with Gasteiger partial charge in [0.15, 0.2) is 0 Å². The summed E-state index contributed by atoms with van der Waals surface area (Å²) < 4.78 is 0.947. The number of hydrogen-bond acceptors (Lipinski definition) is 3. The van der Waals surface area contributed by atoms with Gasteiger partial charge in [0.1, 0.15) is 11.1 Å². The molecule has 0 amide bonds. The van der Waals surface area contributed by atoms with Crippen molar-refractivity contribution in [2.45, 2.75) is 0 Å². The normalized spacial score (nSPS) is 11.3. The fraction of sp³-hybridized carbons (Fsp3) is 0. The molecule has 0 saturated heterocycles. The minimum atomic E-state index is 0.544. The van der Waals surface area contributed by atoms with Crippen molar-refractivity contribution >= 4 is 50.5 Å². The van der Waals surface area contributed by atoms with Gasteiger partial charge in [-0.3, -0.25) is 0 Å². The van der Waals surface area contributed by atoms with Crippen molar-refractivity contribution in [2.24, 2.45) is 0 Å². The molecule has 0 unspecified atom stereocenters. The van der Waals surface area contributed by atoms with Gasteiger partial charge in [-0.1, -0.05) is 57.9 Å². The lowest BCUT2D eigenvalue weighted by molar-refractivity contribution is 1.37. The zero-order valence-electron chi connectivity index (χ0n) is 11.8. The summed E-state index contributed by atoms with van der Waals surface area (Å²) >= 11 is 10.9. The third-order valence-corrected chi connectivity index (χ3v) is 5.05. The molecule has 0 aliphatic heterocycles. The van der Waals surface area contributed by atoms with Gasteiger partial charge in [0, 0.05) is 20.4 Å².